The summed E-state index contributed by atoms with van der Waals surface area (Å²) in [5.74, 6) is -0.134. The van der Waals surface area contributed by atoms with Crippen molar-refractivity contribution in [1.82, 2.24) is 4.57 Å². The third-order valence-corrected chi connectivity index (χ3v) is 11.2. The zero-order chi connectivity index (χ0) is 23.1. The molecule has 1 aliphatic heterocycles. The lowest BCUT2D eigenvalue weighted by molar-refractivity contribution is -0.264. The molecule has 2 heterocycles. The highest BCUT2D eigenvalue weighted by molar-refractivity contribution is 8.01. The molecule has 0 spiro atoms. The van der Waals surface area contributed by atoms with Gasteiger partial charge in [-0.15, -0.1) is 0 Å². The van der Waals surface area contributed by atoms with Crippen LogP contribution in [0.15, 0.2) is 114 Å². The van der Waals surface area contributed by atoms with Crippen molar-refractivity contribution >= 4 is 39.4 Å². The number of pyridine rings is 1. The average Bonchev–Trinajstić information content (AvgIpc) is 2.91. The molecule has 0 saturated heterocycles. The normalized spacial score (nSPS) is 13.2. The fraction of sp³-hybridized carbons (Fsp3) is 0.100. The van der Waals surface area contributed by atoms with Gasteiger partial charge in [0.15, 0.2) is 5.30 Å². The summed E-state index contributed by atoms with van der Waals surface area (Å²) >= 11 is 0. The van der Waals surface area contributed by atoms with Crippen molar-refractivity contribution in [2.45, 2.75) is 19.4 Å². The third-order valence-electron chi connectivity index (χ3n) is 6.89. The van der Waals surface area contributed by atoms with Crippen LogP contribution >= 0.6 is 7.26 Å². The molecule has 0 N–H and O–H groups in total. The van der Waals surface area contributed by atoms with Crippen LogP contribution in [-0.4, -0.2) is 4.57 Å². The van der Waals surface area contributed by atoms with Crippen LogP contribution in [-0.2, 0) is 13.0 Å². The van der Waals surface area contributed by atoms with Gasteiger partial charge in [-0.1, -0.05) is 72.8 Å². The maximum absolute atomic E-state index is 14.4. The van der Waals surface area contributed by atoms with E-state index in [9.17, 15) is 9.90 Å². The molecule has 0 unspecified atom stereocenters. The molecular weight excluding hydrogens is 437 g/mol. The largest absolute Gasteiger partial charge is 0.869 e. The monoisotopic (exact) mass is 461 g/mol. The fourth-order valence-electron chi connectivity index (χ4n) is 5.48. The van der Waals surface area contributed by atoms with E-state index in [4.69, 9.17) is 0 Å². The van der Waals surface area contributed by atoms with E-state index in [1.807, 2.05) is 77.4 Å². The van der Waals surface area contributed by atoms with Gasteiger partial charge in [0.25, 0.3) is 5.56 Å². The lowest BCUT2D eigenvalue weighted by Gasteiger charge is -2.32. The van der Waals surface area contributed by atoms with E-state index in [2.05, 4.69) is 36.4 Å². The Kier molecular flexibility index (Phi) is 5.08. The van der Waals surface area contributed by atoms with Crippen LogP contribution in [0.5, 0.6) is 5.75 Å². The molecule has 1 aliphatic rings. The van der Waals surface area contributed by atoms with Gasteiger partial charge in [-0.3, -0.25) is 4.79 Å². The van der Waals surface area contributed by atoms with E-state index in [1.165, 1.54) is 0 Å². The summed E-state index contributed by atoms with van der Waals surface area (Å²) in [6, 6.07) is 36.3. The number of rotatable bonds is 4. The van der Waals surface area contributed by atoms with Gasteiger partial charge in [0.2, 0.25) is 0 Å². The van der Waals surface area contributed by atoms with Crippen LogP contribution in [0.2, 0.25) is 0 Å². The van der Waals surface area contributed by atoms with Gasteiger partial charge in [0.05, 0.1) is 5.52 Å². The van der Waals surface area contributed by atoms with E-state index >= 15 is 0 Å². The molecule has 4 heteroatoms. The quantitative estimate of drug-likeness (QED) is 0.384. The maximum Gasteiger partial charge on any atom is 0.294 e. The molecule has 0 radical (unpaired) electrons. The highest BCUT2D eigenvalue weighted by atomic mass is 31.2. The first-order valence-corrected chi connectivity index (χ1v) is 13.4. The molecule has 0 saturated carbocycles. The van der Waals surface area contributed by atoms with Crippen LogP contribution in [0.4, 0.5) is 0 Å². The average molecular weight is 462 g/mol. The van der Waals surface area contributed by atoms with Crippen molar-refractivity contribution in [3.05, 3.63) is 125 Å². The first-order chi connectivity index (χ1) is 16.7. The number of benzene rings is 4. The van der Waals surface area contributed by atoms with E-state index < -0.39 is 7.26 Å². The molecule has 1 aromatic heterocycles. The summed E-state index contributed by atoms with van der Waals surface area (Å²) in [5.41, 5.74) is 1.77. The Morgan fingerprint density at radius 1 is 0.676 bits per heavy atom. The zero-order valence-electron chi connectivity index (χ0n) is 18.7. The molecule has 0 amide bonds. The third kappa shape index (κ3) is 2.97. The van der Waals surface area contributed by atoms with Crippen molar-refractivity contribution in [1.29, 1.82) is 0 Å². The summed E-state index contributed by atoms with van der Waals surface area (Å²) in [4.78, 5) is 14.4. The minimum Gasteiger partial charge on any atom is -0.869 e. The molecule has 4 aromatic carbocycles. The molecule has 0 fully saturated rings. The molecule has 5 aromatic rings. The van der Waals surface area contributed by atoms with Crippen LogP contribution in [0.3, 0.4) is 0 Å². The van der Waals surface area contributed by atoms with Gasteiger partial charge in [-0.05, 0) is 65.9 Å². The Morgan fingerprint density at radius 2 is 1.21 bits per heavy atom. The second kappa shape index (κ2) is 8.27. The first-order valence-electron chi connectivity index (χ1n) is 11.6. The van der Waals surface area contributed by atoms with Crippen molar-refractivity contribution in [2.75, 3.05) is 0 Å². The van der Waals surface area contributed by atoms with Gasteiger partial charge in [-0.25, -0.2) is 0 Å². The van der Waals surface area contributed by atoms with Crippen molar-refractivity contribution < 1.29 is 5.11 Å². The van der Waals surface area contributed by atoms with Crippen LogP contribution in [0.1, 0.15) is 12.0 Å². The van der Waals surface area contributed by atoms with E-state index in [-0.39, 0.29) is 11.3 Å². The first kappa shape index (κ1) is 20.9. The predicted molar refractivity (Wildman–Crippen MR) is 141 cm³/mol. The minimum absolute atomic E-state index is 0.134. The predicted octanol–water partition coefficient (Wildman–Crippen LogP) is 3.64. The lowest BCUT2D eigenvalue weighted by atomic mass is 10.0. The maximum atomic E-state index is 14.4. The van der Waals surface area contributed by atoms with Crippen molar-refractivity contribution in [3.63, 3.8) is 0 Å². The van der Waals surface area contributed by atoms with Crippen LogP contribution in [0, 0.1) is 0 Å². The SMILES string of the molecule is O=c1c([P+](c2ccccc2)(c2ccccc2)c2ccccc2)c([O-])c2cccc3c2n1CCC3. The Balaban J connectivity index is 1.86. The summed E-state index contributed by atoms with van der Waals surface area (Å²) in [6.45, 7) is 0.637. The minimum atomic E-state index is -2.76. The molecule has 6 rings (SSSR count). The van der Waals surface area contributed by atoms with E-state index in [1.54, 1.807) is 0 Å². The number of aryl methyl sites for hydroxylation is 2. The molecule has 3 nitrogen and oxygen atoms in total. The van der Waals surface area contributed by atoms with Crippen molar-refractivity contribution in [2.24, 2.45) is 0 Å². The zero-order valence-corrected chi connectivity index (χ0v) is 19.6. The molecule has 34 heavy (non-hydrogen) atoms. The Hall–Kier alpha value is -3.68. The van der Waals surface area contributed by atoms with Crippen LogP contribution < -0.4 is 31.9 Å². The topological polar surface area (TPSA) is 45.1 Å². The standard InChI is InChI=1S/C30H24NO2P/c32-28-26-20-10-12-22-13-11-21-31(27(22)26)30(33)29(28)34(23-14-4-1-5-15-23,24-16-6-2-7-17-24)25-18-8-3-9-19-25/h1-10,12,14-20H,11,13,21H2. The Bertz CT molecular complexity index is 1450. The second-order valence-electron chi connectivity index (χ2n) is 8.73. The van der Waals surface area contributed by atoms with Gasteiger partial charge in [0.1, 0.15) is 23.2 Å². The highest BCUT2D eigenvalue weighted by Crippen LogP contribution is 2.55. The number of aromatic nitrogens is 1. The smallest absolute Gasteiger partial charge is 0.294 e. The number of hydrogen-bond donors (Lipinski definition) is 0. The fourth-order valence-corrected chi connectivity index (χ4v) is 9.83. The molecule has 0 aliphatic carbocycles. The van der Waals surface area contributed by atoms with Crippen molar-refractivity contribution in [3.8, 4) is 5.75 Å². The van der Waals surface area contributed by atoms with E-state index in [0.29, 0.717) is 17.2 Å². The lowest BCUT2D eigenvalue weighted by Crippen LogP contribution is -2.48. The summed E-state index contributed by atoms with van der Waals surface area (Å²) in [6.07, 6.45) is 1.79. The number of para-hydroxylation sites is 1. The van der Waals surface area contributed by atoms with Gasteiger partial charge in [-0.2, -0.15) is 0 Å². The molecule has 0 atom stereocenters. The molecule has 0 bridgehead atoms. The van der Waals surface area contributed by atoms with Gasteiger partial charge < -0.3 is 9.67 Å². The number of hydrogen-bond acceptors (Lipinski definition) is 2. The molecule has 166 valence electrons. The van der Waals surface area contributed by atoms with Gasteiger partial charge >= 0.3 is 0 Å². The summed E-state index contributed by atoms with van der Waals surface area (Å²) in [5, 5.41) is 18.5. The summed E-state index contributed by atoms with van der Waals surface area (Å²) < 4.78 is 1.87. The summed E-state index contributed by atoms with van der Waals surface area (Å²) in [7, 11) is -2.76. The second-order valence-corrected chi connectivity index (χ2v) is 12.1. The Morgan fingerprint density at radius 3 is 1.74 bits per heavy atom. The molecular formula is C30H24NO2P. The van der Waals surface area contributed by atoms with Gasteiger partial charge in [0, 0.05) is 6.54 Å². The highest BCUT2D eigenvalue weighted by Gasteiger charge is 2.51. The van der Waals surface area contributed by atoms with E-state index in [0.717, 1.165) is 39.8 Å². The Labute approximate surface area is 199 Å². The number of nitrogens with zero attached hydrogens (tertiary/aromatic N) is 1. The van der Waals surface area contributed by atoms with Crippen LogP contribution in [0.25, 0.3) is 10.9 Å².